The van der Waals surface area contributed by atoms with Crippen molar-refractivity contribution >= 4 is 29.1 Å². The van der Waals surface area contributed by atoms with Gasteiger partial charge in [0, 0.05) is 23.8 Å². The lowest BCUT2D eigenvalue weighted by Crippen LogP contribution is -2.49. The van der Waals surface area contributed by atoms with E-state index in [1.165, 1.54) is 6.92 Å². The standard InChI is InChI=1S/C18H27N3O3/c1-12(22)19-13-7-9-14(10-8-13)20-15(23)16(24)21-18(5,6)11-17(2,3)4/h7-10H,11H2,1-6H3,(H,19,22)(H,20,23)(H,21,24). The van der Waals surface area contributed by atoms with E-state index in [-0.39, 0.29) is 11.3 Å². The molecule has 1 aromatic rings. The summed E-state index contributed by atoms with van der Waals surface area (Å²) in [7, 11) is 0. The average molecular weight is 333 g/mol. The van der Waals surface area contributed by atoms with E-state index in [9.17, 15) is 14.4 Å². The highest BCUT2D eigenvalue weighted by molar-refractivity contribution is 6.39. The second kappa shape index (κ2) is 7.47. The second-order valence-corrected chi connectivity index (χ2v) is 7.79. The first-order chi connectivity index (χ1) is 10.9. The number of nitrogens with one attached hydrogen (secondary N) is 3. The number of rotatable bonds is 4. The molecule has 0 saturated heterocycles. The second-order valence-electron chi connectivity index (χ2n) is 7.79. The van der Waals surface area contributed by atoms with Crippen molar-refractivity contribution in [2.75, 3.05) is 10.6 Å². The molecular weight excluding hydrogens is 306 g/mol. The third-order valence-corrected chi connectivity index (χ3v) is 3.09. The average Bonchev–Trinajstić information content (AvgIpc) is 2.36. The molecule has 0 aliphatic carbocycles. The zero-order valence-corrected chi connectivity index (χ0v) is 15.2. The molecule has 6 nitrogen and oxygen atoms in total. The molecule has 6 heteroatoms. The van der Waals surface area contributed by atoms with E-state index >= 15 is 0 Å². The molecule has 0 bridgehead atoms. The van der Waals surface area contributed by atoms with Gasteiger partial charge in [0.2, 0.25) is 5.91 Å². The summed E-state index contributed by atoms with van der Waals surface area (Å²) in [6.07, 6.45) is 0.741. The Morgan fingerprint density at radius 1 is 0.833 bits per heavy atom. The summed E-state index contributed by atoms with van der Waals surface area (Å²) in [4.78, 5) is 35.1. The van der Waals surface area contributed by atoms with E-state index in [2.05, 4.69) is 36.7 Å². The van der Waals surface area contributed by atoms with Crippen LogP contribution in [0.25, 0.3) is 0 Å². The quantitative estimate of drug-likeness (QED) is 0.740. The van der Waals surface area contributed by atoms with E-state index in [4.69, 9.17) is 0 Å². The van der Waals surface area contributed by atoms with Gasteiger partial charge in [0.15, 0.2) is 0 Å². The molecule has 0 fully saturated rings. The maximum absolute atomic E-state index is 12.1. The Balaban J connectivity index is 2.64. The van der Waals surface area contributed by atoms with E-state index in [0.717, 1.165) is 6.42 Å². The minimum Gasteiger partial charge on any atom is -0.343 e. The van der Waals surface area contributed by atoms with Crippen LogP contribution >= 0.6 is 0 Å². The fourth-order valence-electron chi connectivity index (χ4n) is 2.76. The van der Waals surface area contributed by atoms with Gasteiger partial charge in [-0.25, -0.2) is 0 Å². The van der Waals surface area contributed by atoms with E-state index in [1.807, 2.05) is 13.8 Å². The van der Waals surface area contributed by atoms with Crippen molar-refractivity contribution in [3.05, 3.63) is 24.3 Å². The molecule has 0 saturated carbocycles. The topological polar surface area (TPSA) is 87.3 Å². The number of carbonyl (C=O) groups is 3. The van der Waals surface area contributed by atoms with Gasteiger partial charge in [0.25, 0.3) is 0 Å². The number of hydrogen-bond donors (Lipinski definition) is 3. The van der Waals surface area contributed by atoms with Crippen LogP contribution in [0.15, 0.2) is 24.3 Å². The van der Waals surface area contributed by atoms with Crippen molar-refractivity contribution in [3.8, 4) is 0 Å². The number of carbonyl (C=O) groups excluding carboxylic acids is 3. The van der Waals surface area contributed by atoms with Crippen molar-refractivity contribution in [2.24, 2.45) is 5.41 Å². The molecule has 0 aliphatic heterocycles. The summed E-state index contributed by atoms with van der Waals surface area (Å²) in [6.45, 7) is 11.4. The predicted molar refractivity (Wildman–Crippen MR) is 95.7 cm³/mol. The summed E-state index contributed by atoms with van der Waals surface area (Å²) >= 11 is 0. The minimum absolute atomic E-state index is 0.0345. The number of anilines is 2. The molecule has 3 N–H and O–H groups in total. The highest BCUT2D eigenvalue weighted by Crippen LogP contribution is 2.26. The highest BCUT2D eigenvalue weighted by atomic mass is 16.2. The lowest BCUT2D eigenvalue weighted by Gasteiger charge is -2.33. The molecule has 1 aromatic carbocycles. The van der Waals surface area contributed by atoms with E-state index < -0.39 is 17.4 Å². The number of hydrogen-bond acceptors (Lipinski definition) is 3. The first-order valence-electron chi connectivity index (χ1n) is 7.89. The Morgan fingerprint density at radius 3 is 1.71 bits per heavy atom. The maximum atomic E-state index is 12.1. The zero-order valence-electron chi connectivity index (χ0n) is 15.2. The normalized spacial score (nSPS) is 11.6. The molecule has 1 rings (SSSR count). The van der Waals surface area contributed by atoms with Gasteiger partial charge in [0.1, 0.15) is 0 Å². The van der Waals surface area contributed by atoms with Gasteiger partial charge in [-0.2, -0.15) is 0 Å². The van der Waals surface area contributed by atoms with Crippen LogP contribution in [0.4, 0.5) is 11.4 Å². The number of benzene rings is 1. The lowest BCUT2D eigenvalue weighted by molar-refractivity contribution is -0.137. The summed E-state index contributed by atoms with van der Waals surface area (Å²) in [5.41, 5.74) is 0.656. The largest absolute Gasteiger partial charge is 0.343 e. The molecule has 0 aliphatic rings. The molecule has 0 heterocycles. The summed E-state index contributed by atoms with van der Waals surface area (Å²) in [5, 5.41) is 7.94. The third-order valence-electron chi connectivity index (χ3n) is 3.09. The first-order valence-corrected chi connectivity index (χ1v) is 7.89. The van der Waals surface area contributed by atoms with Crippen molar-refractivity contribution in [2.45, 2.75) is 53.5 Å². The Bertz CT molecular complexity index is 613. The van der Waals surface area contributed by atoms with Gasteiger partial charge < -0.3 is 16.0 Å². The van der Waals surface area contributed by atoms with Gasteiger partial charge in [-0.1, -0.05) is 20.8 Å². The fourth-order valence-corrected chi connectivity index (χ4v) is 2.76. The van der Waals surface area contributed by atoms with Crippen LogP contribution in [0.2, 0.25) is 0 Å². The van der Waals surface area contributed by atoms with Crippen LogP contribution < -0.4 is 16.0 Å². The Labute approximate surface area is 143 Å². The molecule has 24 heavy (non-hydrogen) atoms. The Morgan fingerprint density at radius 2 is 1.29 bits per heavy atom. The first kappa shape index (κ1) is 19.7. The summed E-state index contributed by atoms with van der Waals surface area (Å²) in [6, 6.07) is 6.55. The predicted octanol–water partition coefficient (Wildman–Crippen LogP) is 2.91. The fraction of sp³-hybridized carbons (Fsp3) is 0.500. The molecule has 0 radical (unpaired) electrons. The van der Waals surface area contributed by atoms with Gasteiger partial charge >= 0.3 is 11.8 Å². The molecule has 3 amide bonds. The van der Waals surface area contributed by atoms with Crippen LogP contribution in [0.1, 0.15) is 48.0 Å². The van der Waals surface area contributed by atoms with Crippen LogP contribution in [-0.4, -0.2) is 23.3 Å². The van der Waals surface area contributed by atoms with Gasteiger partial charge in [-0.05, 0) is 49.9 Å². The maximum Gasteiger partial charge on any atom is 0.313 e. The van der Waals surface area contributed by atoms with Crippen LogP contribution in [0.3, 0.4) is 0 Å². The monoisotopic (exact) mass is 333 g/mol. The summed E-state index contributed by atoms with van der Waals surface area (Å²) in [5.74, 6) is -1.56. The summed E-state index contributed by atoms with van der Waals surface area (Å²) < 4.78 is 0. The van der Waals surface area contributed by atoms with Crippen LogP contribution in [0, 0.1) is 5.41 Å². The Hall–Kier alpha value is -2.37. The SMILES string of the molecule is CC(=O)Nc1ccc(NC(=O)C(=O)NC(C)(C)CC(C)(C)C)cc1. The van der Waals surface area contributed by atoms with Gasteiger partial charge in [-0.15, -0.1) is 0 Å². The van der Waals surface area contributed by atoms with Crippen molar-refractivity contribution in [3.63, 3.8) is 0 Å². The number of amides is 3. The smallest absolute Gasteiger partial charge is 0.313 e. The molecule has 0 unspecified atom stereocenters. The molecule has 0 aromatic heterocycles. The van der Waals surface area contributed by atoms with E-state index in [1.54, 1.807) is 24.3 Å². The van der Waals surface area contributed by atoms with Gasteiger partial charge in [0.05, 0.1) is 0 Å². The molecular formula is C18H27N3O3. The zero-order chi connectivity index (χ0) is 18.5. The van der Waals surface area contributed by atoms with Crippen molar-refractivity contribution in [1.82, 2.24) is 5.32 Å². The lowest BCUT2D eigenvalue weighted by atomic mass is 9.82. The highest BCUT2D eigenvalue weighted by Gasteiger charge is 2.29. The van der Waals surface area contributed by atoms with Crippen molar-refractivity contribution < 1.29 is 14.4 Å². The molecule has 132 valence electrons. The Kier molecular flexibility index (Phi) is 6.12. The van der Waals surface area contributed by atoms with Crippen molar-refractivity contribution in [1.29, 1.82) is 0 Å². The van der Waals surface area contributed by atoms with E-state index in [0.29, 0.717) is 11.4 Å². The molecule has 0 spiro atoms. The van der Waals surface area contributed by atoms with Crippen LogP contribution in [-0.2, 0) is 14.4 Å². The molecule has 0 atom stereocenters. The minimum atomic E-state index is -0.718. The third kappa shape index (κ3) is 7.26. The van der Waals surface area contributed by atoms with Gasteiger partial charge in [-0.3, -0.25) is 14.4 Å². The van der Waals surface area contributed by atoms with Crippen LogP contribution in [0.5, 0.6) is 0 Å².